The SMILES string of the molecule is Cc1nc(-c2cccnn2)nc(NN=Cc2ccccc2)c1C#N. The molecule has 0 saturated carbocycles. The third-order valence-corrected chi connectivity index (χ3v) is 3.19. The number of aromatic nitrogens is 4. The molecule has 0 aliphatic rings. The van der Waals surface area contributed by atoms with Gasteiger partial charge in [0.1, 0.15) is 17.3 Å². The third-order valence-electron chi connectivity index (χ3n) is 3.19. The number of hydrazone groups is 1. The first-order valence-electron chi connectivity index (χ1n) is 7.19. The summed E-state index contributed by atoms with van der Waals surface area (Å²) in [6, 6.07) is 15.2. The van der Waals surface area contributed by atoms with Gasteiger partial charge in [0.25, 0.3) is 0 Å². The van der Waals surface area contributed by atoms with Crippen LogP contribution >= 0.6 is 0 Å². The molecular weight excluding hydrogens is 302 g/mol. The minimum absolute atomic E-state index is 0.331. The molecule has 7 heteroatoms. The Balaban J connectivity index is 1.93. The zero-order valence-corrected chi connectivity index (χ0v) is 12.9. The van der Waals surface area contributed by atoms with Crippen LogP contribution in [-0.4, -0.2) is 26.4 Å². The van der Waals surface area contributed by atoms with Crippen LogP contribution in [0.5, 0.6) is 0 Å². The second kappa shape index (κ2) is 7.07. The van der Waals surface area contributed by atoms with Gasteiger partial charge in [0.05, 0.1) is 11.9 Å². The molecule has 0 bridgehead atoms. The zero-order valence-electron chi connectivity index (χ0n) is 12.9. The van der Waals surface area contributed by atoms with Crippen molar-refractivity contribution in [3.8, 4) is 17.6 Å². The molecule has 0 aliphatic carbocycles. The highest BCUT2D eigenvalue weighted by atomic mass is 15.3. The van der Waals surface area contributed by atoms with Crippen LogP contribution in [0.25, 0.3) is 11.5 Å². The maximum atomic E-state index is 9.33. The molecule has 7 nitrogen and oxygen atoms in total. The van der Waals surface area contributed by atoms with Gasteiger partial charge in [-0.3, -0.25) is 5.43 Å². The Labute approximate surface area is 138 Å². The van der Waals surface area contributed by atoms with Crippen molar-refractivity contribution in [1.29, 1.82) is 5.26 Å². The quantitative estimate of drug-likeness (QED) is 0.586. The van der Waals surface area contributed by atoms with Crippen LogP contribution in [0.15, 0.2) is 53.8 Å². The van der Waals surface area contributed by atoms with E-state index < -0.39 is 0 Å². The first kappa shape index (κ1) is 15.2. The van der Waals surface area contributed by atoms with E-state index in [0.29, 0.717) is 28.6 Å². The van der Waals surface area contributed by atoms with Gasteiger partial charge in [0.15, 0.2) is 11.6 Å². The van der Waals surface area contributed by atoms with E-state index in [1.807, 2.05) is 30.3 Å². The average Bonchev–Trinajstić information content (AvgIpc) is 2.63. The van der Waals surface area contributed by atoms with E-state index in [2.05, 4.69) is 36.8 Å². The van der Waals surface area contributed by atoms with Gasteiger partial charge in [0.2, 0.25) is 0 Å². The highest BCUT2D eigenvalue weighted by Gasteiger charge is 2.13. The number of hydrogen-bond donors (Lipinski definition) is 1. The lowest BCUT2D eigenvalue weighted by atomic mass is 10.2. The average molecular weight is 315 g/mol. The molecule has 0 fully saturated rings. The minimum Gasteiger partial charge on any atom is -0.260 e. The van der Waals surface area contributed by atoms with Gasteiger partial charge in [-0.2, -0.15) is 15.5 Å². The maximum absolute atomic E-state index is 9.33. The van der Waals surface area contributed by atoms with Crippen molar-refractivity contribution in [3.05, 3.63) is 65.5 Å². The van der Waals surface area contributed by atoms with Crippen molar-refractivity contribution in [2.75, 3.05) is 5.43 Å². The molecule has 3 aromatic rings. The van der Waals surface area contributed by atoms with Crippen LogP contribution in [0.1, 0.15) is 16.8 Å². The summed E-state index contributed by atoms with van der Waals surface area (Å²) in [5, 5.41) is 21.3. The van der Waals surface area contributed by atoms with Crippen molar-refractivity contribution in [3.63, 3.8) is 0 Å². The number of nitrogens with one attached hydrogen (secondary N) is 1. The van der Waals surface area contributed by atoms with E-state index >= 15 is 0 Å². The van der Waals surface area contributed by atoms with Gasteiger partial charge >= 0.3 is 0 Å². The monoisotopic (exact) mass is 315 g/mol. The Hall–Kier alpha value is -3.66. The Bertz CT molecular complexity index is 899. The van der Waals surface area contributed by atoms with Crippen LogP contribution in [0.3, 0.4) is 0 Å². The molecule has 0 radical (unpaired) electrons. The second-order valence-electron chi connectivity index (χ2n) is 4.86. The molecule has 0 spiro atoms. The van der Waals surface area contributed by atoms with Crippen LogP contribution < -0.4 is 5.43 Å². The number of rotatable bonds is 4. The Morgan fingerprint density at radius 3 is 2.67 bits per heavy atom. The van der Waals surface area contributed by atoms with Gasteiger partial charge in [-0.1, -0.05) is 30.3 Å². The van der Waals surface area contributed by atoms with Crippen molar-refractivity contribution in [1.82, 2.24) is 20.2 Å². The zero-order chi connectivity index (χ0) is 16.8. The minimum atomic E-state index is 0.331. The van der Waals surface area contributed by atoms with Crippen molar-refractivity contribution in [2.24, 2.45) is 5.10 Å². The molecule has 0 saturated heterocycles. The van der Waals surface area contributed by atoms with Gasteiger partial charge in [0, 0.05) is 6.20 Å². The highest BCUT2D eigenvalue weighted by Crippen LogP contribution is 2.20. The molecule has 0 aliphatic heterocycles. The Morgan fingerprint density at radius 2 is 1.96 bits per heavy atom. The first-order valence-corrected chi connectivity index (χ1v) is 7.19. The fourth-order valence-corrected chi connectivity index (χ4v) is 2.03. The third kappa shape index (κ3) is 3.39. The Kier molecular flexibility index (Phi) is 4.49. The summed E-state index contributed by atoms with van der Waals surface area (Å²) in [6.07, 6.45) is 3.23. The number of aryl methyl sites for hydroxylation is 1. The second-order valence-corrected chi connectivity index (χ2v) is 4.86. The molecule has 1 aromatic carbocycles. The standard InChI is InChI=1S/C17H13N7/c1-12-14(10-18)16(24-20-11-13-6-3-2-4-7-13)22-17(21-12)15-8-5-9-19-23-15/h2-9,11H,1H3,(H,21,22,24). The lowest BCUT2D eigenvalue weighted by molar-refractivity contribution is 0.996. The number of nitrogens with zero attached hydrogens (tertiary/aromatic N) is 6. The molecule has 2 aromatic heterocycles. The largest absolute Gasteiger partial charge is 0.260 e. The van der Waals surface area contributed by atoms with Crippen LogP contribution in [0, 0.1) is 18.3 Å². The molecule has 3 rings (SSSR count). The fourth-order valence-electron chi connectivity index (χ4n) is 2.03. The molecule has 24 heavy (non-hydrogen) atoms. The summed E-state index contributed by atoms with van der Waals surface area (Å²) in [5.41, 5.74) is 5.16. The molecule has 0 unspecified atom stereocenters. The summed E-state index contributed by atoms with van der Waals surface area (Å²) < 4.78 is 0. The number of anilines is 1. The lowest BCUT2D eigenvalue weighted by Gasteiger charge is -2.07. The number of hydrogen-bond acceptors (Lipinski definition) is 7. The molecule has 116 valence electrons. The van der Waals surface area contributed by atoms with Crippen LogP contribution in [0.4, 0.5) is 5.82 Å². The molecule has 0 amide bonds. The lowest BCUT2D eigenvalue weighted by Crippen LogP contribution is -2.04. The first-order chi connectivity index (χ1) is 11.8. The smallest absolute Gasteiger partial charge is 0.182 e. The van der Waals surface area contributed by atoms with E-state index in [4.69, 9.17) is 0 Å². The van der Waals surface area contributed by atoms with E-state index in [1.54, 1.807) is 31.5 Å². The molecule has 1 N–H and O–H groups in total. The van der Waals surface area contributed by atoms with Crippen LogP contribution in [-0.2, 0) is 0 Å². The summed E-state index contributed by atoms with van der Waals surface area (Å²) in [6.45, 7) is 1.74. The predicted octanol–water partition coefficient (Wildman–Crippen LogP) is 2.56. The van der Waals surface area contributed by atoms with Crippen molar-refractivity contribution < 1.29 is 0 Å². The van der Waals surface area contributed by atoms with Gasteiger partial charge in [-0.15, -0.1) is 5.10 Å². The summed E-state index contributed by atoms with van der Waals surface area (Å²) in [5.74, 6) is 0.717. The number of benzene rings is 1. The summed E-state index contributed by atoms with van der Waals surface area (Å²) in [7, 11) is 0. The molecule has 0 atom stereocenters. The maximum Gasteiger partial charge on any atom is 0.182 e. The summed E-state index contributed by atoms with van der Waals surface area (Å²) >= 11 is 0. The highest BCUT2D eigenvalue weighted by molar-refractivity contribution is 5.80. The van der Waals surface area contributed by atoms with Gasteiger partial charge in [-0.05, 0) is 24.6 Å². The van der Waals surface area contributed by atoms with Gasteiger partial charge in [-0.25, -0.2) is 9.97 Å². The van der Waals surface area contributed by atoms with Crippen LogP contribution in [0.2, 0.25) is 0 Å². The Morgan fingerprint density at radius 1 is 1.12 bits per heavy atom. The van der Waals surface area contributed by atoms with E-state index in [1.165, 1.54) is 0 Å². The van der Waals surface area contributed by atoms with Crippen molar-refractivity contribution >= 4 is 12.0 Å². The van der Waals surface area contributed by atoms with Gasteiger partial charge < -0.3 is 0 Å². The normalized spacial score (nSPS) is 10.5. The predicted molar refractivity (Wildman–Crippen MR) is 90.2 cm³/mol. The number of nitriles is 1. The molecular formula is C17H13N7. The fraction of sp³-hybridized carbons (Fsp3) is 0.0588. The summed E-state index contributed by atoms with van der Waals surface area (Å²) in [4.78, 5) is 8.66. The molecule has 2 heterocycles. The van der Waals surface area contributed by atoms with E-state index in [9.17, 15) is 5.26 Å². The topological polar surface area (TPSA) is 99.7 Å². The van der Waals surface area contributed by atoms with E-state index in [-0.39, 0.29) is 0 Å². The van der Waals surface area contributed by atoms with Crippen molar-refractivity contribution in [2.45, 2.75) is 6.92 Å². The van der Waals surface area contributed by atoms with E-state index in [0.717, 1.165) is 5.56 Å².